The zero-order valence-corrected chi connectivity index (χ0v) is 5.46. The molecule has 0 atom stereocenters. The van der Waals surface area contributed by atoms with Crippen molar-refractivity contribution in [1.82, 2.24) is 5.32 Å². The minimum absolute atomic E-state index is 0.159. The first-order chi connectivity index (χ1) is 4.75. The van der Waals surface area contributed by atoms with Crippen LogP contribution in [0.1, 0.15) is 0 Å². The molecule has 0 aromatic rings. The summed E-state index contributed by atoms with van der Waals surface area (Å²) in [6.45, 7) is 0. The first-order valence-electron chi connectivity index (χ1n) is 2.23. The number of nitrogens with one attached hydrogen (secondary N) is 1. The van der Waals surface area contributed by atoms with E-state index in [2.05, 4.69) is 15.1 Å². The summed E-state index contributed by atoms with van der Waals surface area (Å²) < 4.78 is 20.4. The number of aliphatic imine (C=N–C) groups is 1. The fourth-order valence-corrected chi connectivity index (χ4v) is 0.865. The topological polar surface area (TPSA) is 94.9 Å². The van der Waals surface area contributed by atoms with Crippen LogP contribution >= 0.6 is 0 Å². The van der Waals surface area contributed by atoms with Gasteiger partial charge in [-0.1, -0.05) is 0 Å². The van der Waals surface area contributed by atoms with Crippen molar-refractivity contribution in [2.24, 2.45) is 4.99 Å². The molecule has 0 aromatic heterocycles. The highest BCUT2D eigenvalue weighted by atomic mass is 32.2. The Morgan fingerprint density at radius 2 is 2.40 bits per heavy atom. The van der Waals surface area contributed by atoms with Crippen LogP contribution in [0.4, 0.5) is 0 Å². The van der Waals surface area contributed by atoms with Crippen molar-refractivity contribution >= 4 is 27.5 Å². The van der Waals surface area contributed by atoms with Crippen molar-refractivity contribution < 1.29 is 13.2 Å². The van der Waals surface area contributed by atoms with E-state index >= 15 is 0 Å². The molecule has 0 aliphatic carbocycles. The third kappa shape index (κ3) is 0.949. The Morgan fingerprint density at radius 3 is 2.80 bits per heavy atom. The summed E-state index contributed by atoms with van der Waals surface area (Å²) in [6, 6.07) is 0. The monoisotopic (exact) mass is 158 g/mol. The van der Waals surface area contributed by atoms with Gasteiger partial charge in [0.05, 0.1) is 0 Å². The number of rotatable bonds is 0. The third-order valence-electron chi connectivity index (χ3n) is 0.844. The van der Waals surface area contributed by atoms with Gasteiger partial charge in [-0.15, -0.1) is 0 Å². The van der Waals surface area contributed by atoms with Gasteiger partial charge in [0.1, 0.15) is 0 Å². The van der Waals surface area contributed by atoms with Gasteiger partial charge in [-0.05, 0) is 0 Å². The smallest absolute Gasteiger partial charge is 0.401 e. The van der Waals surface area contributed by atoms with Crippen molar-refractivity contribution in [3.63, 3.8) is 0 Å². The Bertz CT molecular complexity index is 350. The van der Waals surface area contributed by atoms with Gasteiger partial charge < -0.3 is 10.3 Å². The van der Waals surface area contributed by atoms with Crippen LogP contribution in [0.2, 0.25) is 0 Å². The maximum Gasteiger partial charge on any atom is 0.401 e. The number of nitrogens with zero attached hydrogens (tertiary/aromatic N) is 3. The Labute approximate surface area is 57.4 Å². The summed E-state index contributed by atoms with van der Waals surface area (Å²) in [5.74, 6) is -0.159. The Kier molecular flexibility index (Phi) is 1.61. The predicted octanol–water partition coefficient (Wildman–Crippen LogP) is -1.74. The molecule has 52 valence electrons. The lowest BCUT2D eigenvalue weighted by Gasteiger charge is -1.75. The van der Waals surface area contributed by atoms with Gasteiger partial charge in [0.25, 0.3) is 15.3 Å². The van der Waals surface area contributed by atoms with E-state index in [0.29, 0.717) is 0 Å². The Morgan fingerprint density at radius 1 is 1.70 bits per heavy atom. The third-order valence-corrected chi connectivity index (χ3v) is 1.46. The predicted molar refractivity (Wildman–Crippen MR) is 34.2 cm³/mol. The van der Waals surface area contributed by atoms with E-state index in [1.165, 1.54) is 0 Å². The molecule has 0 amide bonds. The summed E-state index contributed by atoms with van der Waals surface area (Å²) in [5, 5.41) is 2.32. The molecule has 7 heteroatoms. The van der Waals surface area contributed by atoms with Gasteiger partial charge in [-0.25, -0.2) is 5.32 Å². The standard InChI is InChI=1S/C3H2N4O2S/c4-7-2-3(10(8)9)6-1-5-2/h1H,(H,5,6). The molecule has 0 fully saturated rings. The molecule has 1 heterocycles. The minimum atomic E-state index is -2.46. The Hall–Kier alpha value is -1.46. The molecule has 6 nitrogen and oxygen atoms in total. The highest BCUT2D eigenvalue weighted by molar-refractivity contribution is 7.74. The molecule has 10 heavy (non-hydrogen) atoms. The van der Waals surface area contributed by atoms with Crippen molar-refractivity contribution in [1.29, 1.82) is 0 Å². The molecule has 0 radical (unpaired) electrons. The summed E-state index contributed by atoms with van der Waals surface area (Å²) in [4.78, 5) is 5.72. The molecule has 0 bridgehead atoms. The average molecular weight is 158 g/mol. The molecule has 0 spiro atoms. The van der Waals surface area contributed by atoms with Crippen molar-refractivity contribution in [3.8, 4) is 0 Å². The van der Waals surface area contributed by atoms with Crippen LogP contribution in [0, 0.1) is 0 Å². The van der Waals surface area contributed by atoms with Crippen LogP contribution in [0.5, 0.6) is 0 Å². The fraction of sp³-hybridized carbons (Fsp3) is 0. The van der Waals surface area contributed by atoms with Crippen LogP contribution in [0.15, 0.2) is 4.99 Å². The number of hydrogen-bond donors (Lipinski definition) is 1. The van der Waals surface area contributed by atoms with E-state index in [1.54, 1.807) is 0 Å². The van der Waals surface area contributed by atoms with Gasteiger partial charge in [0, 0.05) is 0 Å². The highest BCUT2D eigenvalue weighted by Crippen LogP contribution is 1.82. The molecular formula is C3H2N4O2S. The van der Waals surface area contributed by atoms with Crippen LogP contribution < -0.4 is 5.32 Å². The van der Waals surface area contributed by atoms with Crippen LogP contribution in [0.25, 0.3) is 5.53 Å². The van der Waals surface area contributed by atoms with Crippen LogP contribution in [0.3, 0.4) is 0 Å². The molecule has 0 saturated heterocycles. The quantitative estimate of drug-likeness (QED) is 0.257. The fourth-order valence-electron chi connectivity index (χ4n) is 0.469. The number of hydrogen-bond acceptors (Lipinski definition) is 2. The molecule has 1 aliphatic rings. The average Bonchev–Trinajstić information content (AvgIpc) is 2.33. The van der Waals surface area contributed by atoms with Gasteiger partial charge in [0.2, 0.25) is 0 Å². The van der Waals surface area contributed by atoms with Crippen molar-refractivity contribution in [2.75, 3.05) is 0 Å². The first-order valence-corrected chi connectivity index (χ1v) is 3.31. The minimum Gasteiger partial charge on any atom is -0.497 e. The van der Waals surface area contributed by atoms with E-state index < -0.39 is 10.3 Å². The van der Waals surface area contributed by atoms with Gasteiger partial charge in [-0.3, -0.25) is 0 Å². The molecule has 0 saturated carbocycles. The lowest BCUT2D eigenvalue weighted by molar-refractivity contribution is -0.00445. The van der Waals surface area contributed by atoms with Crippen molar-refractivity contribution in [2.45, 2.75) is 0 Å². The molecule has 1 aliphatic heterocycles. The SMILES string of the molecule is [N-]=[N+]=C1NC=NC1=S(=O)=O. The summed E-state index contributed by atoms with van der Waals surface area (Å²) in [6.07, 6.45) is 1.13. The highest BCUT2D eigenvalue weighted by Gasteiger charge is 2.21. The Balaban J connectivity index is 3.37. The van der Waals surface area contributed by atoms with E-state index in [0.717, 1.165) is 6.34 Å². The molecular weight excluding hydrogens is 156 g/mol. The van der Waals surface area contributed by atoms with Gasteiger partial charge in [-0.2, -0.15) is 13.4 Å². The maximum absolute atomic E-state index is 10.2. The van der Waals surface area contributed by atoms with Gasteiger partial charge in [0.15, 0.2) is 6.34 Å². The number of amidine groups is 1. The summed E-state index contributed by atoms with van der Waals surface area (Å²) in [7, 11) is -2.46. The largest absolute Gasteiger partial charge is 0.497 e. The molecule has 0 unspecified atom stereocenters. The molecule has 1 N–H and O–H groups in total. The molecule has 0 aromatic carbocycles. The second-order valence-corrected chi connectivity index (χ2v) is 2.25. The van der Waals surface area contributed by atoms with E-state index in [4.69, 9.17) is 5.53 Å². The lowest BCUT2D eigenvalue weighted by atomic mass is 10.6. The second kappa shape index (κ2) is 2.42. The maximum atomic E-state index is 10.2. The zero-order valence-electron chi connectivity index (χ0n) is 4.64. The first kappa shape index (κ1) is 6.66. The van der Waals surface area contributed by atoms with E-state index in [-0.39, 0.29) is 10.8 Å². The van der Waals surface area contributed by atoms with Gasteiger partial charge >= 0.3 is 5.84 Å². The van der Waals surface area contributed by atoms with E-state index in [1.807, 2.05) is 0 Å². The summed E-state index contributed by atoms with van der Waals surface area (Å²) in [5.41, 5.74) is 8.14. The van der Waals surface area contributed by atoms with Crippen molar-refractivity contribution in [3.05, 3.63) is 5.53 Å². The normalized spacial score (nSPS) is 14.8. The lowest BCUT2D eigenvalue weighted by Crippen LogP contribution is -2.22. The summed E-state index contributed by atoms with van der Waals surface area (Å²) >= 11 is 0. The van der Waals surface area contributed by atoms with Crippen LogP contribution in [-0.4, -0.2) is 30.4 Å². The second-order valence-electron chi connectivity index (χ2n) is 1.39. The van der Waals surface area contributed by atoms with E-state index in [9.17, 15) is 8.42 Å². The van der Waals surface area contributed by atoms with Crippen LogP contribution in [-0.2, 0) is 10.3 Å². The molecule has 1 rings (SSSR count). The zero-order chi connectivity index (χ0) is 7.56.